The van der Waals surface area contributed by atoms with E-state index in [4.69, 9.17) is 0 Å². The number of fused-ring (bicyclic) bond motifs is 1. The summed E-state index contributed by atoms with van der Waals surface area (Å²) in [5, 5.41) is 5.07. The first-order chi connectivity index (χ1) is 5.77. The van der Waals surface area contributed by atoms with E-state index in [1.165, 1.54) is 0 Å². The Kier molecular flexibility index (Phi) is 1.75. The van der Waals surface area contributed by atoms with Crippen LogP contribution in [0.4, 0.5) is 4.79 Å². The van der Waals surface area contributed by atoms with Gasteiger partial charge in [-0.15, -0.1) is 0 Å². The van der Waals surface area contributed by atoms with E-state index in [1.807, 2.05) is 0 Å². The van der Waals surface area contributed by atoms with E-state index >= 15 is 0 Å². The highest BCUT2D eigenvalue weighted by molar-refractivity contribution is 5.98. The summed E-state index contributed by atoms with van der Waals surface area (Å²) >= 11 is 0. The number of hydrogen-bond acceptors (Lipinski definition) is 2. The normalized spacial score (nSPS) is 35.0. The third-order valence-electron chi connectivity index (χ3n) is 2.66. The summed E-state index contributed by atoms with van der Waals surface area (Å²) in [5.74, 6) is -0.0695. The van der Waals surface area contributed by atoms with Gasteiger partial charge in [0.15, 0.2) is 0 Å². The van der Waals surface area contributed by atoms with Crippen LogP contribution < -0.4 is 10.6 Å². The van der Waals surface area contributed by atoms with Crippen LogP contribution in [-0.4, -0.2) is 18.0 Å². The Balaban J connectivity index is 2.11. The van der Waals surface area contributed by atoms with Crippen LogP contribution in [-0.2, 0) is 4.79 Å². The molecule has 2 aliphatic rings. The van der Waals surface area contributed by atoms with Crippen LogP contribution in [0.2, 0.25) is 0 Å². The predicted molar refractivity (Wildman–Crippen MR) is 42.4 cm³/mol. The van der Waals surface area contributed by atoms with Crippen molar-refractivity contribution in [3.8, 4) is 0 Å². The second kappa shape index (κ2) is 2.77. The van der Waals surface area contributed by atoms with Gasteiger partial charge in [0.25, 0.3) is 0 Å². The maximum absolute atomic E-state index is 11.3. The van der Waals surface area contributed by atoms with Crippen molar-refractivity contribution in [2.45, 2.75) is 31.7 Å². The van der Waals surface area contributed by atoms with Gasteiger partial charge >= 0.3 is 6.03 Å². The van der Waals surface area contributed by atoms with Gasteiger partial charge < -0.3 is 5.32 Å². The predicted octanol–water partition coefficient (Wildman–Crippen LogP) is 0.385. The van der Waals surface area contributed by atoms with E-state index in [9.17, 15) is 9.59 Å². The minimum absolute atomic E-state index is 0.0245. The molecule has 1 aliphatic carbocycles. The number of hydrogen-bond donors (Lipinski definition) is 2. The van der Waals surface area contributed by atoms with E-state index in [1.54, 1.807) is 0 Å². The number of carbonyl (C=O) groups excluding carboxylic acids is 2. The summed E-state index contributed by atoms with van der Waals surface area (Å²) in [4.78, 5) is 22.2. The number of rotatable bonds is 0. The molecule has 2 atom stereocenters. The molecule has 4 nitrogen and oxygen atoms in total. The van der Waals surface area contributed by atoms with Crippen LogP contribution in [0.15, 0.2) is 0 Å². The molecule has 0 radical (unpaired) electrons. The fourth-order valence-corrected chi connectivity index (χ4v) is 2.03. The molecule has 2 rings (SSSR count). The summed E-state index contributed by atoms with van der Waals surface area (Å²) in [5.41, 5.74) is 0. The van der Waals surface area contributed by atoms with Gasteiger partial charge in [0.2, 0.25) is 5.91 Å². The Bertz CT molecular complexity index is 227. The summed E-state index contributed by atoms with van der Waals surface area (Å²) in [6, 6.07) is -0.233. The smallest absolute Gasteiger partial charge is 0.321 e. The van der Waals surface area contributed by atoms with Gasteiger partial charge in [-0.1, -0.05) is 12.8 Å². The Hall–Kier alpha value is -1.06. The molecule has 12 heavy (non-hydrogen) atoms. The first kappa shape index (κ1) is 7.58. The van der Waals surface area contributed by atoms with E-state index in [0.717, 1.165) is 25.7 Å². The lowest BCUT2D eigenvalue weighted by atomic mass is 9.83. The first-order valence-corrected chi connectivity index (χ1v) is 4.39. The first-order valence-electron chi connectivity index (χ1n) is 4.39. The Morgan fingerprint density at radius 3 is 2.75 bits per heavy atom. The highest BCUT2D eigenvalue weighted by atomic mass is 16.2. The van der Waals surface area contributed by atoms with Crippen LogP contribution in [0.3, 0.4) is 0 Å². The molecule has 66 valence electrons. The van der Waals surface area contributed by atoms with Gasteiger partial charge in [-0.05, 0) is 12.8 Å². The van der Waals surface area contributed by atoms with Crippen molar-refractivity contribution in [3.63, 3.8) is 0 Å². The molecule has 1 aliphatic heterocycles. The number of carbonyl (C=O) groups is 2. The molecule has 0 aromatic heterocycles. The highest BCUT2D eigenvalue weighted by Crippen LogP contribution is 2.26. The third kappa shape index (κ3) is 1.17. The second-order valence-electron chi connectivity index (χ2n) is 3.46. The van der Waals surface area contributed by atoms with Gasteiger partial charge in [0.1, 0.15) is 0 Å². The minimum Gasteiger partial charge on any atom is -0.334 e. The standard InChI is InChI=1S/C8H12N2O2/c11-7-5-3-1-2-4-6(5)9-8(12)10-7/h5-6H,1-4H2,(H2,9,10,11,12)/t5-,6+/m1/s1. The largest absolute Gasteiger partial charge is 0.334 e. The Labute approximate surface area is 70.7 Å². The lowest BCUT2D eigenvalue weighted by Crippen LogP contribution is -2.58. The monoisotopic (exact) mass is 168 g/mol. The van der Waals surface area contributed by atoms with Crippen LogP contribution >= 0.6 is 0 Å². The van der Waals surface area contributed by atoms with Crippen LogP contribution in [0.5, 0.6) is 0 Å². The molecule has 4 heteroatoms. The minimum atomic E-state index is -0.330. The Morgan fingerprint density at radius 2 is 1.92 bits per heavy atom. The van der Waals surface area contributed by atoms with E-state index in [-0.39, 0.29) is 23.9 Å². The molecule has 0 unspecified atom stereocenters. The maximum Gasteiger partial charge on any atom is 0.321 e. The third-order valence-corrected chi connectivity index (χ3v) is 2.66. The zero-order valence-electron chi connectivity index (χ0n) is 6.80. The molecule has 2 fully saturated rings. The summed E-state index contributed by atoms with van der Waals surface area (Å²) in [6.45, 7) is 0. The summed E-state index contributed by atoms with van der Waals surface area (Å²) in [7, 11) is 0. The molecule has 0 aromatic rings. The van der Waals surface area contributed by atoms with Crippen molar-refractivity contribution in [1.82, 2.24) is 10.6 Å². The average Bonchev–Trinajstić information content (AvgIpc) is 2.04. The number of amides is 3. The highest BCUT2D eigenvalue weighted by Gasteiger charge is 2.36. The van der Waals surface area contributed by atoms with E-state index in [0.29, 0.717) is 0 Å². The van der Waals surface area contributed by atoms with Crippen molar-refractivity contribution in [3.05, 3.63) is 0 Å². The van der Waals surface area contributed by atoms with Gasteiger partial charge in [-0.2, -0.15) is 0 Å². The molecule has 2 N–H and O–H groups in total. The topological polar surface area (TPSA) is 58.2 Å². The van der Waals surface area contributed by atoms with Crippen molar-refractivity contribution in [2.24, 2.45) is 5.92 Å². The number of urea groups is 1. The van der Waals surface area contributed by atoms with Gasteiger partial charge in [0.05, 0.1) is 5.92 Å². The van der Waals surface area contributed by atoms with Gasteiger partial charge in [0, 0.05) is 6.04 Å². The molecule has 0 spiro atoms. The molecular weight excluding hydrogens is 156 g/mol. The van der Waals surface area contributed by atoms with Crippen LogP contribution in [0, 0.1) is 5.92 Å². The Morgan fingerprint density at radius 1 is 1.17 bits per heavy atom. The van der Waals surface area contributed by atoms with Gasteiger partial charge in [-0.25, -0.2) is 4.79 Å². The van der Waals surface area contributed by atoms with Crippen molar-refractivity contribution >= 4 is 11.9 Å². The summed E-state index contributed by atoms with van der Waals surface area (Å²) in [6.07, 6.45) is 4.08. The number of imide groups is 1. The number of nitrogens with one attached hydrogen (secondary N) is 2. The van der Waals surface area contributed by atoms with Gasteiger partial charge in [-0.3, -0.25) is 10.1 Å². The molecular formula is C8H12N2O2. The molecule has 1 heterocycles. The fraction of sp³-hybridized carbons (Fsp3) is 0.750. The molecule has 1 saturated heterocycles. The van der Waals surface area contributed by atoms with E-state index in [2.05, 4.69) is 10.6 Å². The molecule has 0 bridgehead atoms. The zero-order chi connectivity index (χ0) is 8.55. The van der Waals surface area contributed by atoms with Crippen LogP contribution in [0.1, 0.15) is 25.7 Å². The quantitative estimate of drug-likeness (QED) is 0.549. The lowest BCUT2D eigenvalue weighted by Gasteiger charge is -2.34. The molecule has 3 amide bonds. The fourth-order valence-electron chi connectivity index (χ4n) is 2.03. The molecule has 1 saturated carbocycles. The lowest BCUT2D eigenvalue weighted by molar-refractivity contribution is -0.126. The average molecular weight is 168 g/mol. The molecule has 0 aromatic carbocycles. The maximum atomic E-state index is 11.3. The van der Waals surface area contributed by atoms with Crippen LogP contribution in [0.25, 0.3) is 0 Å². The zero-order valence-corrected chi connectivity index (χ0v) is 6.80. The van der Waals surface area contributed by atoms with Crippen molar-refractivity contribution < 1.29 is 9.59 Å². The van der Waals surface area contributed by atoms with Crippen molar-refractivity contribution in [2.75, 3.05) is 0 Å². The SMILES string of the molecule is O=C1NC(=O)[C@@H]2CCCC[C@@H]2N1. The second-order valence-corrected chi connectivity index (χ2v) is 3.46. The summed E-state index contributed by atoms with van der Waals surface area (Å²) < 4.78 is 0. The van der Waals surface area contributed by atoms with E-state index < -0.39 is 0 Å². The van der Waals surface area contributed by atoms with Crippen molar-refractivity contribution in [1.29, 1.82) is 0 Å².